The van der Waals surface area contributed by atoms with Gasteiger partial charge in [0.05, 0.1) is 0 Å². The van der Waals surface area contributed by atoms with Gasteiger partial charge < -0.3 is 15.6 Å². The van der Waals surface area contributed by atoms with Crippen LogP contribution in [-0.2, 0) is 0 Å². The van der Waals surface area contributed by atoms with Crippen molar-refractivity contribution in [1.29, 1.82) is 0 Å². The van der Waals surface area contributed by atoms with Crippen molar-refractivity contribution in [3.8, 4) is 0 Å². The molecule has 3 N–H and O–H groups in total. The van der Waals surface area contributed by atoms with E-state index in [9.17, 15) is 4.79 Å². The topological polar surface area (TPSA) is 56.9 Å². The van der Waals surface area contributed by atoms with Crippen molar-refractivity contribution in [2.75, 3.05) is 13.1 Å². The van der Waals surface area contributed by atoms with Gasteiger partial charge in [0.15, 0.2) is 0 Å². The number of nitrogens with one attached hydrogen (secondary N) is 3. The molecular weight excluding hydrogens is 190 g/mol. The molecule has 1 amide bonds. The van der Waals surface area contributed by atoms with Crippen LogP contribution in [0.5, 0.6) is 0 Å². The molecule has 82 valence electrons. The smallest absolute Gasteiger partial charge is 0.267 e. The zero-order valence-corrected chi connectivity index (χ0v) is 8.75. The van der Waals surface area contributed by atoms with Crippen LogP contribution in [0.4, 0.5) is 0 Å². The third-order valence-corrected chi connectivity index (χ3v) is 2.78. The molecule has 0 radical (unpaired) electrons. The van der Waals surface area contributed by atoms with E-state index in [0.717, 1.165) is 19.5 Å². The Bertz CT molecular complexity index is 302. The molecule has 0 aliphatic carbocycles. The first-order chi connectivity index (χ1) is 7.36. The predicted molar refractivity (Wildman–Crippen MR) is 58.8 cm³/mol. The molecule has 1 aliphatic rings. The number of hydrogen-bond donors (Lipinski definition) is 3. The van der Waals surface area contributed by atoms with Gasteiger partial charge in [0.25, 0.3) is 5.91 Å². The maximum atomic E-state index is 11.5. The second-order valence-corrected chi connectivity index (χ2v) is 3.92. The number of H-pyrrole nitrogens is 1. The van der Waals surface area contributed by atoms with E-state index in [1.165, 1.54) is 12.8 Å². The lowest BCUT2D eigenvalue weighted by Crippen LogP contribution is -2.30. The fourth-order valence-corrected chi connectivity index (χ4v) is 1.93. The van der Waals surface area contributed by atoms with Crippen LogP contribution in [0.1, 0.15) is 29.8 Å². The molecule has 0 saturated carbocycles. The van der Waals surface area contributed by atoms with E-state index in [1.807, 2.05) is 6.07 Å². The highest BCUT2D eigenvalue weighted by Crippen LogP contribution is 2.07. The summed E-state index contributed by atoms with van der Waals surface area (Å²) in [5.41, 5.74) is 0.634. The molecule has 1 aliphatic heterocycles. The maximum absolute atomic E-state index is 11.5. The normalized spacial score (nSPS) is 20.4. The number of aromatic amines is 1. The second-order valence-electron chi connectivity index (χ2n) is 3.92. The largest absolute Gasteiger partial charge is 0.357 e. The Balaban J connectivity index is 1.67. The summed E-state index contributed by atoms with van der Waals surface area (Å²) in [7, 11) is 0. The van der Waals surface area contributed by atoms with Gasteiger partial charge in [0.1, 0.15) is 5.69 Å². The number of amides is 1. The molecule has 2 heterocycles. The van der Waals surface area contributed by atoms with Crippen LogP contribution < -0.4 is 10.6 Å². The molecule has 1 aromatic heterocycles. The minimum Gasteiger partial charge on any atom is -0.357 e. The number of rotatable bonds is 4. The third-order valence-electron chi connectivity index (χ3n) is 2.78. The van der Waals surface area contributed by atoms with Gasteiger partial charge >= 0.3 is 0 Å². The molecule has 4 heteroatoms. The van der Waals surface area contributed by atoms with Gasteiger partial charge in [-0.1, -0.05) is 0 Å². The third kappa shape index (κ3) is 2.83. The van der Waals surface area contributed by atoms with E-state index in [0.29, 0.717) is 11.7 Å². The van der Waals surface area contributed by atoms with Gasteiger partial charge in [-0.3, -0.25) is 4.79 Å². The van der Waals surface area contributed by atoms with E-state index in [2.05, 4.69) is 15.6 Å². The van der Waals surface area contributed by atoms with Gasteiger partial charge in [-0.25, -0.2) is 0 Å². The molecule has 0 spiro atoms. The molecule has 0 bridgehead atoms. The first-order valence-corrected chi connectivity index (χ1v) is 5.51. The monoisotopic (exact) mass is 207 g/mol. The lowest BCUT2D eigenvalue weighted by atomic mass is 10.1. The molecule has 15 heavy (non-hydrogen) atoms. The van der Waals surface area contributed by atoms with Gasteiger partial charge in [0, 0.05) is 18.8 Å². The highest BCUT2D eigenvalue weighted by molar-refractivity contribution is 5.92. The van der Waals surface area contributed by atoms with Crippen molar-refractivity contribution in [3.63, 3.8) is 0 Å². The summed E-state index contributed by atoms with van der Waals surface area (Å²) in [6, 6.07) is 4.20. The van der Waals surface area contributed by atoms with Crippen molar-refractivity contribution in [2.24, 2.45) is 0 Å². The fourth-order valence-electron chi connectivity index (χ4n) is 1.93. The van der Waals surface area contributed by atoms with Crippen LogP contribution in [0.15, 0.2) is 18.3 Å². The summed E-state index contributed by atoms with van der Waals surface area (Å²) in [6.45, 7) is 1.87. The maximum Gasteiger partial charge on any atom is 0.267 e. The number of carbonyl (C=O) groups excluding carboxylic acids is 1. The van der Waals surface area contributed by atoms with E-state index in [4.69, 9.17) is 0 Å². The van der Waals surface area contributed by atoms with Crippen LogP contribution >= 0.6 is 0 Å². The van der Waals surface area contributed by atoms with Crippen LogP contribution in [-0.4, -0.2) is 30.0 Å². The van der Waals surface area contributed by atoms with Crippen molar-refractivity contribution >= 4 is 5.91 Å². The fraction of sp³-hybridized carbons (Fsp3) is 0.545. The first-order valence-electron chi connectivity index (χ1n) is 5.51. The highest BCUT2D eigenvalue weighted by Gasteiger charge is 2.13. The molecule has 4 nitrogen and oxygen atoms in total. The summed E-state index contributed by atoms with van der Waals surface area (Å²) < 4.78 is 0. The van der Waals surface area contributed by atoms with E-state index in [-0.39, 0.29) is 5.91 Å². The predicted octanol–water partition coefficient (Wildman–Crippen LogP) is 0.887. The molecule has 1 fully saturated rings. The minimum atomic E-state index is -0.0157. The van der Waals surface area contributed by atoms with Crippen molar-refractivity contribution < 1.29 is 4.79 Å². The summed E-state index contributed by atoms with van der Waals surface area (Å²) in [4.78, 5) is 14.4. The summed E-state index contributed by atoms with van der Waals surface area (Å²) in [5.74, 6) is -0.0157. The lowest BCUT2D eigenvalue weighted by Gasteiger charge is -2.10. The van der Waals surface area contributed by atoms with Crippen LogP contribution in [0.25, 0.3) is 0 Å². The average Bonchev–Trinajstić information content (AvgIpc) is 2.90. The summed E-state index contributed by atoms with van der Waals surface area (Å²) in [5, 5.41) is 6.31. The summed E-state index contributed by atoms with van der Waals surface area (Å²) >= 11 is 0. The standard InChI is InChI=1S/C11H17N3O/c15-11(10-4-2-7-13-10)14-8-5-9-3-1-6-12-9/h2,4,7,9,12-13H,1,3,5-6,8H2,(H,14,15)/t9-/m0/s1. The van der Waals surface area contributed by atoms with Crippen LogP contribution in [0.2, 0.25) is 0 Å². The second kappa shape index (κ2) is 4.98. The van der Waals surface area contributed by atoms with Gasteiger partial charge in [0.2, 0.25) is 0 Å². The molecule has 0 unspecified atom stereocenters. The number of aromatic nitrogens is 1. The van der Waals surface area contributed by atoms with E-state index in [1.54, 1.807) is 12.3 Å². The zero-order chi connectivity index (χ0) is 10.5. The Labute approximate surface area is 89.5 Å². The zero-order valence-electron chi connectivity index (χ0n) is 8.75. The molecule has 1 saturated heterocycles. The summed E-state index contributed by atoms with van der Waals surface area (Å²) in [6.07, 6.45) is 5.27. The van der Waals surface area contributed by atoms with E-state index < -0.39 is 0 Å². The Morgan fingerprint density at radius 3 is 3.20 bits per heavy atom. The molecule has 0 aromatic carbocycles. The highest BCUT2D eigenvalue weighted by atomic mass is 16.1. The number of carbonyl (C=O) groups is 1. The Kier molecular flexibility index (Phi) is 3.40. The quantitative estimate of drug-likeness (QED) is 0.686. The van der Waals surface area contributed by atoms with Crippen molar-refractivity contribution in [1.82, 2.24) is 15.6 Å². The molecule has 1 atom stereocenters. The molecular formula is C11H17N3O. The van der Waals surface area contributed by atoms with Gasteiger partial charge in [-0.05, 0) is 37.9 Å². The van der Waals surface area contributed by atoms with Crippen molar-refractivity contribution in [2.45, 2.75) is 25.3 Å². The van der Waals surface area contributed by atoms with Crippen LogP contribution in [0, 0.1) is 0 Å². The van der Waals surface area contributed by atoms with Gasteiger partial charge in [-0.2, -0.15) is 0 Å². The Morgan fingerprint density at radius 1 is 1.60 bits per heavy atom. The number of hydrogen-bond acceptors (Lipinski definition) is 2. The first kappa shape index (κ1) is 10.2. The molecule has 2 rings (SSSR count). The van der Waals surface area contributed by atoms with Crippen molar-refractivity contribution in [3.05, 3.63) is 24.0 Å². The average molecular weight is 207 g/mol. The Hall–Kier alpha value is -1.29. The van der Waals surface area contributed by atoms with Crippen LogP contribution in [0.3, 0.4) is 0 Å². The molecule has 1 aromatic rings. The lowest BCUT2D eigenvalue weighted by molar-refractivity contribution is 0.0948. The van der Waals surface area contributed by atoms with Gasteiger partial charge in [-0.15, -0.1) is 0 Å². The SMILES string of the molecule is O=C(NCC[C@@H]1CCCN1)c1ccc[nH]1. The van der Waals surface area contributed by atoms with E-state index >= 15 is 0 Å². The Morgan fingerprint density at radius 2 is 2.53 bits per heavy atom. The minimum absolute atomic E-state index is 0.0157.